The topological polar surface area (TPSA) is 80.3 Å². The largest absolute Gasteiger partial charge is 0.222 e. The lowest BCUT2D eigenvalue weighted by Crippen LogP contribution is -2.31. The molecule has 0 aliphatic carbocycles. The van der Waals surface area contributed by atoms with E-state index in [0.717, 1.165) is 23.2 Å². The molecule has 22 heavy (non-hydrogen) atoms. The Morgan fingerprint density at radius 2 is 1.73 bits per heavy atom. The van der Waals surface area contributed by atoms with Gasteiger partial charge in [0.15, 0.2) is 9.84 Å². The predicted molar refractivity (Wildman–Crippen MR) is 88.3 cm³/mol. The van der Waals surface area contributed by atoms with E-state index in [0.29, 0.717) is 5.56 Å². The van der Waals surface area contributed by atoms with Crippen molar-refractivity contribution in [1.82, 2.24) is 4.72 Å². The zero-order valence-electron chi connectivity index (χ0n) is 12.2. The second kappa shape index (κ2) is 6.49. The summed E-state index contributed by atoms with van der Waals surface area (Å²) in [6, 6.07) is 10.2. The van der Waals surface area contributed by atoms with Gasteiger partial charge in [-0.2, -0.15) is 0 Å². The Labute approximate surface area is 135 Å². The summed E-state index contributed by atoms with van der Waals surface area (Å²) in [6.07, 6.45) is 1.01. The summed E-state index contributed by atoms with van der Waals surface area (Å²) in [4.78, 5) is 0. The van der Waals surface area contributed by atoms with Crippen molar-refractivity contribution >= 4 is 31.2 Å². The Kier molecular flexibility index (Phi) is 5.06. The molecule has 0 amide bonds. The summed E-state index contributed by atoms with van der Waals surface area (Å²) in [6.45, 7) is 1.71. The number of hydrogen-bond donors (Lipinski definition) is 1. The molecule has 1 aromatic carbocycles. The monoisotopic (exact) mass is 359 g/mol. The van der Waals surface area contributed by atoms with Crippen molar-refractivity contribution in [2.75, 3.05) is 12.8 Å². The molecule has 0 unspecified atom stereocenters. The summed E-state index contributed by atoms with van der Waals surface area (Å²) in [7, 11) is -7.13. The maximum Gasteiger partial charge on any atom is 0.208 e. The SMILES string of the molecule is Cc1ccc([C@@H](CNS(C)(=O)=O)S(=O)(=O)c2cccs2)cc1. The highest BCUT2D eigenvalue weighted by Gasteiger charge is 2.30. The Morgan fingerprint density at radius 3 is 2.23 bits per heavy atom. The number of rotatable bonds is 6. The van der Waals surface area contributed by atoms with Gasteiger partial charge in [0.2, 0.25) is 10.0 Å². The van der Waals surface area contributed by atoms with Crippen LogP contribution in [0.5, 0.6) is 0 Å². The lowest BCUT2D eigenvalue weighted by atomic mass is 10.1. The summed E-state index contributed by atoms with van der Waals surface area (Å²) in [5.41, 5.74) is 1.57. The van der Waals surface area contributed by atoms with E-state index >= 15 is 0 Å². The average molecular weight is 359 g/mol. The smallest absolute Gasteiger partial charge is 0.208 e. The fourth-order valence-corrected chi connectivity index (χ4v) is 5.42. The zero-order chi connectivity index (χ0) is 16.4. The average Bonchev–Trinajstić information content (AvgIpc) is 2.94. The Morgan fingerprint density at radius 1 is 1.09 bits per heavy atom. The van der Waals surface area contributed by atoms with Crippen molar-refractivity contribution in [2.45, 2.75) is 16.4 Å². The molecule has 2 aromatic rings. The zero-order valence-corrected chi connectivity index (χ0v) is 14.6. The van der Waals surface area contributed by atoms with Crippen LogP contribution in [0.1, 0.15) is 16.4 Å². The van der Waals surface area contributed by atoms with Gasteiger partial charge in [-0.3, -0.25) is 0 Å². The van der Waals surface area contributed by atoms with Gasteiger partial charge in [0.1, 0.15) is 9.46 Å². The maximum atomic E-state index is 12.8. The number of benzene rings is 1. The molecule has 1 N–H and O–H groups in total. The highest BCUT2D eigenvalue weighted by molar-refractivity contribution is 7.93. The first kappa shape index (κ1) is 17.1. The molecule has 1 aromatic heterocycles. The molecule has 1 heterocycles. The molecule has 0 radical (unpaired) electrons. The van der Waals surface area contributed by atoms with Crippen LogP contribution in [-0.2, 0) is 19.9 Å². The van der Waals surface area contributed by atoms with Crippen LogP contribution in [0, 0.1) is 6.92 Å². The second-order valence-electron chi connectivity index (χ2n) is 5.00. The number of hydrogen-bond acceptors (Lipinski definition) is 5. The van der Waals surface area contributed by atoms with Crippen molar-refractivity contribution in [2.24, 2.45) is 0 Å². The summed E-state index contributed by atoms with van der Waals surface area (Å²) in [5.74, 6) is 0. The van der Waals surface area contributed by atoms with Gasteiger partial charge in [-0.1, -0.05) is 35.9 Å². The fraction of sp³-hybridized carbons (Fsp3) is 0.286. The van der Waals surface area contributed by atoms with Gasteiger partial charge < -0.3 is 0 Å². The molecule has 1 atom stereocenters. The normalized spacial score (nSPS) is 13.9. The first-order valence-corrected chi connectivity index (χ1v) is 10.8. The second-order valence-corrected chi connectivity index (χ2v) is 10.1. The van der Waals surface area contributed by atoms with Gasteiger partial charge in [-0.25, -0.2) is 21.6 Å². The van der Waals surface area contributed by atoms with E-state index in [9.17, 15) is 16.8 Å². The van der Waals surface area contributed by atoms with Crippen molar-refractivity contribution < 1.29 is 16.8 Å². The summed E-state index contributed by atoms with van der Waals surface area (Å²) < 4.78 is 50.7. The standard InChI is InChI=1S/C14H17NO4S3/c1-11-5-7-12(8-6-11)13(10-15-21(2,16)17)22(18,19)14-4-3-9-20-14/h3-9,13,15H,10H2,1-2H3/t13-/m1/s1. The van der Waals surface area contributed by atoms with Crippen molar-refractivity contribution in [3.8, 4) is 0 Å². The summed E-state index contributed by atoms with van der Waals surface area (Å²) in [5, 5.41) is 0.727. The van der Waals surface area contributed by atoms with Gasteiger partial charge in [0.25, 0.3) is 0 Å². The van der Waals surface area contributed by atoms with Crippen LogP contribution in [0.2, 0.25) is 0 Å². The Hall–Kier alpha value is -1.22. The highest BCUT2D eigenvalue weighted by Crippen LogP contribution is 2.31. The lowest BCUT2D eigenvalue weighted by Gasteiger charge is -2.17. The molecule has 8 heteroatoms. The van der Waals surface area contributed by atoms with Gasteiger partial charge in [0, 0.05) is 6.54 Å². The quantitative estimate of drug-likeness (QED) is 0.857. The van der Waals surface area contributed by atoms with Crippen LogP contribution in [0.4, 0.5) is 0 Å². The number of nitrogens with one attached hydrogen (secondary N) is 1. The first-order chi connectivity index (χ1) is 10.2. The third-order valence-corrected chi connectivity index (χ3v) is 7.35. The van der Waals surface area contributed by atoms with E-state index in [1.165, 1.54) is 6.07 Å². The van der Waals surface area contributed by atoms with Crippen molar-refractivity contribution in [3.05, 3.63) is 52.9 Å². The molecular formula is C14H17NO4S3. The number of sulfonamides is 1. The van der Waals surface area contributed by atoms with E-state index in [1.54, 1.807) is 23.6 Å². The van der Waals surface area contributed by atoms with Crippen LogP contribution in [0.25, 0.3) is 0 Å². The number of sulfone groups is 1. The number of thiophene rings is 1. The van der Waals surface area contributed by atoms with Crippen molar-refractivity contribution in [1.29, 1.82) is 0 Å². The predicted octanol–water partition coefficient (Wildman–Crippen LogP) is 2.12. The van der Waals surface area contributed by atoms with E-state index in [4.69, 9.17) is 0 Å². The fourth-order valence-electron chi connectivity index (χ4n) is 1.98. The Balaban J connectivity index is 2.43. The van der Waals surface area contributed by atoms with E-state index in [2.05, 4.69) is 4.72 Å². The van der Waals surface area contributed by atoms with Crippen molar-refractivity contribution in [3.63, 3.8) is 0 Å². The van der Waals surface area contributed by atoms with Gasteiger partial charge in [0.05, 0.1) is 6.26 Å². The van der Waals surface area contributed by atoms with E-state index < -0.39 is 25.1 Å². The molecule has 0 aliphatic heterocycles. The van der Waals surface area contributed by atoms with Crippen LogP contribution in [-0.4, -0.2) is 29.6 Å². The lowest BCUT2D eigenvalue weighted by molar-refractivity contribution is 0.573. The third kappa shape index (κ3) is 4.16. The molecule has 120 valence electrons. The minimum Gasteiger partial charge on any atom is -0.222 e. The van der Waals surface area contributed by atoms with Crippen LogP contribution in [0.3, 0.4) is 0 Å². The van der Waals surface area contributed by atoms with E-state index in [1.807, 2.05) is 19.1 Å². The highest BCUT2D eigenvalue weighted by atomic mass is 32.2. The minimum absolute atomic E-state index is 0.192. The van der Waals surface area contributed by atoms with E-state index in [-0.39, 0.29) is 10.8 Å². The molecule has 0 saturated carbocycles. The molecular weight excluding hydrogens is 342 g/mol. The van der Waals surface area contributed by atoms with Gasteiger partial charge in [-0.15, -0.1) is 11.3 Å². The molecule has 0 aliphatic rings. The summed E-state index contributed by atoms with van der Waals surface area (Å²) >= 11 is 1.12. The molecule has 0 saturated heterocycles. The Bertz CT molecular complexity index is 823. The van der Waals surface area contributed by atoms with Crippen LogP contribution in [0.15, 0.2) is 46.0 Å². The molecule has 0 fully saturated rings. The third-order valence-electron chi connectivity index (χ3n) is 3.13. The van der Waals surface area contributed by atoms with Gasteiger partial charge in [-0.05, 0) is 23.9 Å². The van der Waals surface area contributed by atoms with Gasteiger partial charge >= 0.3 is 0 Å². The minimum atomic E-state index is -3.65. The maximum absolute atomic E-state index is 12.8. The van der Waals surface area contributed by atoms with Crippen LogP contribution >= 0.6 is 11.3 Å². The molecule has 0 bridgehead atoms. The molecule has 5 nitrogen and oxygen atoms in total. The van der Waals surface area contributed by atoms with Crippen LogP contribution < -0.4 is 4.72 Å². The first-order valence-electron chi connectivity index (χ1n) is 6.49. The molecule has 0 spiro atoms. The number of aryl methyl sites for hydroxylation is 1. The molecule has 2 rings (SSSR count).